The van der Waals surface area contributed by atoms with E-state index >= 15 is 0 Å². The molecule has 2 saturated heterocycles. The number of para-hydroxylation sites is 1. The Hall–Kier alpha value is -8.63. The lowest BCUT2D eigenvalue weighted by Gasteiger charge is -2.42. The second-order valence-corrected chi connectivity index (χ2v) is 24.8. The van der Waals surface area contributed by atoms with Crippen molar-refractivity contribution in [2.75, 3.05) is 111 Å². The Kier molecular flexibility index (Phi) is 30.0. The molecule has 2 fully saturated rings. The van der Waals surface area contributed by atoms with Gasteiger partial charge in [0.2, 0.25) is 41.4 Å². The van der Waals surface area contributed by atoms with Crippen molar-refractivity contribution in [2.45, 2.75) is 103 Å². The highest BCUT2D eigenvalue weighted by molar-refractivity contribution is 5.96. The highest BCUT2D eigenvalue weighted by atomic mass is 19.1. The molecule has 512 valence electrons. The Balaban J connectivity index is 1.03. The number of carbonyl (C=O) groups excluding carboxylic acids is 7. The molecular formula is C67H94FN13O13. The number of H-pyrrole nitrogens is 1. The minimum Gasteiger partial charge on any atom is -0.480 e. The summed E-state index contributed by atoms with van der Waals surface area (Å²) >= 11 is 0. The van der Waals surface area contributed by atoms with Gasteiger partial charge in [-0.15, -0.1) is 0 Å². The monoisotopic (exact) mass is 1310 g/mol. The molecule has 2 aliphatic heterocycles. The number of aryl methyl sites for hydroxylation is 1. The van der Waals surface area contributed by atoms with Crippen molar-refractivity contribution < 1.29 is 67.7 Å². The molecule has 0 saturated carbocycles. The van der Waals surface area contributed by atoms with Gasteiger partial charge in [0, 0.05) is 121 Å². The molecule has 26 nitrogen and oxygen atoms in total. The summed E-state index contributed by atoms with van der Waals surface area (Å²) in [4.78, 5) is 143. The summed E-state index contributed by atoms with van der Waals surface area (Å²) in [6.07, 6.45) is 7.31. The lowest BCUT2D eigenvalue weighted by Crippen LogP contribution is -2.66. The number of aromatic nitrogens is 1. The zero-order valence-electron chi connectivity index (χ0n) is 54.2. The first-order valence-electron chi connectivity index (χ1n) is 32.3. The average molecular weight is 1310 g/mol. The minimum atomic E-state index is -1.58. The molecule has 4 aromatic rings. The van der Waals surface area contributed by atoms with Gasteiger partial charge in [-0.3, -0.25) is 67.5 Å². The first kappa shape index (κ1) is 74.4. The van der Waals surface area contributed by atoms with Crippen molar-refractivity contribution in [1.82, 2.24) is 61.4 Å². The highest BCUT2D eigenvalue weighted by Gasteiger charge is 2.45. The first-order valence-corrected chi connectivity index (χ1v) is 32.3. The van der Waals surface area contributed by atoms with E-state index in [-0.39, 0.29) is 160 Å². The number of carboxylic acid groups (broad SMARTS) is 3. The second kappa shape index (κ2) is 37.9. The van der Waals surface area contributed by atoms with Crippen LogP contribution in [0.15, 0.2) is 91.1 Å². The molecule has 3 aromatic carbocycles. The van der Waals surface area contributed by atoms with Gasteiger partial charge in [0.15, 0.2) is 0 Å². The molecule has 0 bridgehead atoms. The van der Waals surface area contributed by atoms with Crippen LogP contribution in [0.25, 0.3) is 10.9 Å². The maximum Gasteiger partial charge on any atom is 0.317 e. The third-order valence-electron chi connectivity index (χ3n) is 16.9. The van der Waals surface area contributed by atoms with Gasteiger partial charge >= 0.3 is 17.9 Å². The minimum absolute atomic E-state index is 0.000809. The Labute approximate surface area is 547 Å². The number of likely N-dealkylation sites (tertiary alicyclic amines) is 1. The SMILES string of the molecule is Cc1ccc(CNCC(=O)N2CCC(NC(=O)[C@@H](/C=C/CNC(=O)[C@H](Cc3ccccc3)NC(=O)CCCCCNC(=O)CN3CCN(CC(=O)O)CCN(CC(=O)O)CCN(CC(=O)O)CC3)CC(C)C)(C(=O)N[C@@H](Cc3c[nH]c4ccccc34)C(N)=O)CC2)cc1F. The van der Waals surface area contributed by atoms with Crippen molar-refractivity contribution in [2.24, 2.45) is 17.6 Å². The zero-order valence-corrected chi connectivity index (χ0v) is 54.2. The Morgan fingerprint density at radius 2 is 1.26 bits per heavy atom. The molecule has 12 N–H and O–H groups in total. The van der Waals surface area contributed by atoms with E-state index in [4.69, 9.17) is 5.73 Å². The van der Waals surface area contributed by atoms with Gasteiger partial charge < -0.3 is 62.8 Å². The maximum absolute atomic E-state index is 14.7. The molecular weight excluding hydrogens is 1210 g/mol. The standard InChI is InChI=1S/C67H94FN13O13/c1-46(2)35-50(64(92)76-67(66(94)75-55(63(69)91)38-51-40-73-54-17-10-9-16-52(51)54)21-25-81(26-22-67)59(84)41-70-39-49-20-19-47(3)53(68)36-49)15-12-24-72-65(93)56(37-48-13-6-4-7-14-48)74-57(82)18-8-5-11-23-71-58(83)42-77-27-29-78(43-60(85)86)31-33-80(45-62(89)90)34-32-79(30-28-77)44-61(87)88/h4,6-7,9-10,12-17,19-20,36,40,46,50,55-56,70,73H,5,8,11,18,21-35,37-39,41-45H2,1-3H3,(H2,69,91)(H,71,83)(H,72,93)(H,74,82)(H,75,94)(H,76,92)(H,85,86)(H,87,88)(H,89,90)/b15-12+/t50-,55-,56-/m0/s1. The number of piperidine rings is 1. The van der Waals surface area contributed by atoms with E-state index in [2.05, 4.69) is 36.9 Å². The van der Waals surface area contributed by atoms with Gasteiger partial charge in [-0.1, -0.05) is 93.1 Å². The number of nitrogens with one attached hydrogen (secondary N) is 7. The summed E-state index contributed by atoms with van der Waals surface area (Å²) in [6.45, 7) is 7.43. The van der Waals surface area contributed by atoms with Crippen molar-refractivity contribution in [3.63, 3.8) is 0 Å². The molecule has 0 unspecified atom stereocenters. The van der Waals surface area contributed by atoms with E-state index in [1.807, 2.05) is 73.3 Å². The first-order chi connectivity index (χ1) is 44.9. The van der Waals surface area contributed by atoms with Crippen molar-refractivity contribution in [1.29, 1.82) is 0 Å². The van der Waals surface area contributed by atoms with Crippen LogP contribution in [-0.2, 0) is 67.3 Å². The Morgan fingerprint density at radius 3 is 1.84 bits per heavy atom. The van der Waals surface area contributed by atoms with E-state index in [1.54, 1.807) is 57.0 Å². The van der Waals surface area contributed by atoms with Crippen LogP contribution in [0.1, 0.15) is 81.0 Å². The number of unbranched alkanes of at least 4 members (excludes halogenated alkanes) is 2. The number of benzene rings is 3. The number of carbonyl (C=O) groups is 10. The maximum atomic E-state index is 14.7. The molecule has 6 rings (SSSR count). The number of amides is 7. The molecule has 3 heterocycles. The van der Waals surface area contributed by atoms with E-state index < -0.39 is 65.1 Å². The van der Waals surface area contributed by atoms with Crippen molar-refractivity contribution in [3.8, 4) is 0 Å². The van der Waals surface area contributed by atoms with Gasteiger partial charge in [-0.25, -0.2) is 4.39 Å². The lowest BCUT2D eigenvalue weighted by atomic mass is 9.84. The van der Waals surface area contributed by atoms with Gasteiger partial charge in [-0.2, -0.15) is 0 Å². The topological polar surface area (TPSA) is 362 Å². The predicted octanol–water partition coefficient (Wildman–Crippen LogP) is 1.61. The number of nitrogens with two attached hydrogens (primary N) is 1. The summed E-state index contributed by atoms with van der Waals surface area (Å²) in [6, 6.07) is 19.4. The molecule has 27 heteroatoms. The van der Waals surface area contributed by atoms with Crippen LogP contribution >= 0.6 is 0 Å². The molecule has 7 amide bonds. The van der Waals surface area contributed by atoms with E-state index in [0.29, 0.717) is 56.4 Å². The highest BCUT2D eigenvalue weighted by Crippen LogP contribution is 2.27. The molecule has 0 aliphatic carbocycles. The summed E-state index contributed by atoms with van der Waals surface area (Å²) in [5, 5.41) is 47.1. The van der Waals surface area contributed by atoms with Crippen LogP contribution in [-0.4, -0.2) is 233 Å². The third-order valence-corrected chi connectivity index (χ3v) is 16.9. The number of nitrogens with zero attached hydrogens (tertiary/aromatic N) is 5. The number of hydrogen-bond acceptors (Lipinski definition) is 15. The number of aromatic amines is 1. The van der Waals surface area contributed by atoms with Gasteiger partial charge in [0.1, 0.15) is 23.4 Å². The normalized spacial score (nSPS) is 16.5. The van der Waals surface area contributed by atoms with Gasteiger partial charge in [-0.05, 0) is 79.3 Å². The fraction of sp³-hybridized carbons (Fsp3) is 0.522. The number of carboxylic acids is 3. The van der Waals surface area contributed by atoms with Crippen molar-refractivity contribution >= 4 is 70.2 Å². The quantitative estimate of drug-likeness (QED) is 0.0234. The Morgan fingerprint density at radius 1 is 0.660 bits per heavy atom. The van der Waals surface area contributed by atoms with Crippen LogP contribution in [0.2, 0.25) is 0 Å². The zero-order chi connectivity index (χ0) is 68.2. The Bertz CT molecular complexity index is 3200. The fourth-order valence-electron chi connectivity index (χ4n) is 11.6. The molecule has 2 aliphatic rings. The molecule has 0 spiro atoms. The number of fused-ring (bicyclic) bond motifs is 1. The van der Waals surface area contributed by atoms with Crippen molar-refractivity contribution in [3.05, 3.63) is 119 Å². The van der Waals surface area contributed by atoms with Crippen LogP contribution in [0.5, 0.6) is 0 Å². The van der Waals surface area contributed by atoms with Crippen LogP contribution < -0.4 is 37.6 Å². The smallest absolute Gasteiger partial charge is 0.317 e. The predicted molar refractivity (Wildman–Crippen MR) is 350 cm³/mol. The van der Waals surface area contributed by atoms with Crippen LogP contribution in [0.3, 0.4) is 0 Å². The summed E-state index contributed by atoms with van der Waals surface area (Å²) in [5.74, 6) is -7.58. The van der Waals surface area contributed by atoms with E-state index in [9.17, 15) is 67.7 Å². The van der Waals surface area contributed by atoms with Crippen LogP contribution in [0.4, 0.5) is 4.39 Å². The molecule has 3 atom stereocenters. The third kappa shape index (κ3) is 25.4. The van der Waals surface area contributed by atoms with Crippen LogP contribution in [0, 0.1) is 24.6 Å². The summed E-state index contributed by atoms with van der Waals surface area (Å²) in [5.41, 5.74) is 7.91. The number of hydrogen-bond donors (Lipinski definition) is 11. The number of halogens is 1. The average Bonchev–Trinajstić information content (AvgIpc) is 1.03. The van der Waals surface area contributed by atoms with Gasteiger partial charge in [0.25, 0.3) is 0 Å². The molecule has 94 heavy (non-hydrogen) atoms. The largest absolute Gasteiger partial charge is 0.480 e. The number of aliphatic carboxylic acids is 3. The molecule has 0 radical (unpaired) electrons. The van der Waals surface area contributed by atoms with E-state index in [0.717, 1.165) is 22.0 Å². The van der Waals surface area contributed by atoms with E-state index in [1.165, 1.54) is 6.07 Å². The summed E-state index contributed by atoms with van der Waals surface area (Å²) < 4.78 is 14.2. The fourth-order valence-corrected chi connectivity index (χ4v) is 11.6. The lowest BCUT2D eigenvalue weighted by molar-refractivity contribution is -0.141. The number of rotatable bonds is 34. The molecule has 1 aromatic heterocycles. The second-order valence-electron chi connectivity index (χ2n) is 24.8. The van der Waals surface area contributed by atoms with Gasteiger partial charge in [0.05, 0.1) is 38.6 Å². The number of primary amides is 1. The summed E-state index contributed by atoms with van der Waals surface area (Å²) in [7, 11) is 0.